The molecule has 0 unspecified atom stereocenters. The van der Waals surface area contributed by atoms with Crippen LogP contribution in [0.2, 0.25) is 5.02 Å². The molecular weight excluding hydrogens is 462 g/mol. The van der Waals surface area contributed by atoms with Crippen LogP contribution in [0.1, 0.15) is 10.4 Å². The lowest BCUT2D eigenvalue weighted by atomic mass is 9.94. The SMILES string of the molecule is COc1ccc(Cl)cc1Nc1nnc(-c2ccccc2-c2ccc(C(=O)O)cc2)c2ccccc12. The van der Waals surface area contributed by atoms with E-state index in [-0.39, 0.29) is 5.56 Å². The van der Waals surface area contributed by atoms with E-state index in [9.17, 15) is 9.90 Å². The number of nitrogens with one attached hydrogen (secondary N) is 1. The van der Waals surface area contributed by atoms with Crippen LogP contribution in [0.15, 0.2) is 91.0 Å². The zero-order valence-electron chi connectivity index (χ0n) is 18.7. The maximum Gasteiger partial charge on any atom is 0.335 e. The normalized spacial score (nSPS) is 10.8. The van der Waals surface area contributed by atoms with Crippen LogP contribution in [-0.4, -0.2) is 28.4 Å². The van der Waals surface area contributed by atoms with Crippen molar-refractivity contribution < 1.29 is 14.6 Å². The summed E-state index contributed by atoms with van der Waals surface area (Å²) in [6.07, 6.45) is 0. The molecule has 0 saturated heterocycles. The van der Waals surface area contributed by atoms with Crippen LogP contribution in [0.25, 0.3) is 33.2 Å². The number of hydrogen-bond acceptors (Lipinski definition) is 5. The third-order valence-electron chi connectivity index (χ3n) is 5.73. The van der Waals surface area contributed by atoms with Gasteiger partial charge in [-0.2, -0.15) is 0 Å². The Hall–Kier alpha value is -4.42. The Morgan fingerprint density at radius 2 is 1.54 bits per heavy atom. The average molecular weight is 482 g/mol. The topological polar surface area (TPSA) is 84.3 Å². The summed E-state index contributed by atoms with van der Waals surface area (Å²) in [6, 6.07) is 27.9. The second kappa shape index (κ2) is 9.44. The molecule has 0 aliphatic rings. The van der Waals surface area contributed by atoms with Crippen molar-refractivity contribution in [2.75, 3.05) is 12.4 Å². The molecule has 35 heavy (non-hydrogen) atoms. The molecule has 0 spiro atoms. The summed E-state index contributed by atoms with van der Waals surface area (Å²) in [5.74, 6) is 0.258. The molecule has 6 nitrogen and oxygen atoms in total. The highest BCUT2D eigenvalue weighted by Gasteiger charge is 2.16. The monoisotopic (exact) mass is 481 g/mol. The molecule has 1 heterocycles. The number of nitrogens with zero attached hydrogens (tertiary/aromatic N) is 2. The van der Waals surface area contributed by atoms with Crippen molar-refractivity contribution in [1.29, 1.82) is 0 Å². The van der Waals surface area contributed by atoms with E-state index in [1.54, 1.807) is 49.6 Å². The molecule has 7 heteroatoms. The quantitative estimate of drug-likeness (QED) is 0.270. The third-order valence-corrected chi connectivity index (χ3v) is 5.96. The molecular formula is C28H20ClN3O3. The fraction of sp³-hybridized carbons (Fsp3) is 0.0357. The Morgan fingerprint density at radius 1 is 0.857 bits per heavy atom. The smallest absolute Gasteiger partial charge is 0.335 e. The number of methoxy groups -OCH3 is 1. The van der Waals surface area contributed by atoms with E-state index in [2.05, 4.69) is 15.5 Å². The number of carbonyl (C=O) groups is 1. The highest BCUT2D eigenvalue weighted by molar-refractivity contribution is 6.31. The van der Waals surface area contributed by atoms with Crippen LogP contribution in [0.4, 0.5) is 11.5 Å². The van der Waals surface area contributed by atoms with E-state index < -0.39 is 5.97 Å². The van der Waals surface area contributed by atoms with E-state index in [1.807, 2.05) is 48.5 Å². The van der Waals surface area contributed by atoms with Crippen molar-refractivity contribution in [2.24, 2.45) is 0 Å². The van der Waals surface area contributed by atoms with Crippen molar-refractivity contribution in [3.8, 4) is 28.1 Å². The second-order valence-corrected chi connectivity index (χ2v) is 8.28. The van der Waals surface area contributed by atoms with Gasteiger partial charge in [0.1, 0.15) is 11.4 Å². The fourth-order valence-electron chi connectivity index (χ4n) is 4.03. The van der Waals surface area contributed by atoms with Gasteiger partial charge in [-0.05, 0) is 41.5 Å². The molecule has 5 aromatic rings. The summed E-state index contributed by atoms with van der Waals surface area (Å²) in [5, 5.41) is 24.0. The summed E-state index contributed by atoms with van der Waals surface area (Å²) >= 11 is 6.20. The van der Waals surface area contributed by atoms with Gasteiger partial charge in [-0.25, -0.2) is 4.79 Å². The number of aromatic carboxylic acids is 1. The molecule has 0 fully saturated rings. The number of fused-ring (bicyclic) bond motifs is 1. The molecule has 0 amide bonds. The minimum absolute atomic E-state index is 0.239. The summed E-state index contributed by atoms with van der Waals surface area (Å²) in [4.78, 5) is 11.3. The van der Waals surface area contributed by atoms with Crippen LogP contribution >= 0.6 is 11.6 Å². The zero-order chi connectivity index (χ0) is 24.4. The molecule has 172 valence electrons. The van der Waals surface area contributed by atoms with Crippen molar-refractivity contribution >= 4 is 39.8 Å². The van der Waals surface area contributed by atoms with Crippen molar-refractivity contribution in [1.82, 2.24) is 10.2 Å². The van der Waals surface area contributed by atoms with Gasteiger partial charge in [-0.3, -0.25) is 0 Å². The van der Waals surface area contributed by atoms with E-state index in [0.717, 1.165) is 33.2 Å². The van der Waals surface area contributed by atoms with Crippen molar-refractivity contribution in [2.45, 2.75) is 0 Å². The number of carboxylic acid groups (broad SMARTS) is 1. The standard InChI is InChI=1S/C28H20ClN3O3/c1-35-25-15-14-19(29)16-24(25)30-27-23-9-5-4-8-22(23)26(31-32-27)21-7-3-2-6-20(21)17-10-12-18(13-11-17)28(33)34/h2-16H,1H3,(H,30,32)(H,33,34). The van der Waals surface area contributed by atoms with Crippen molar-refractivity contribution in [3.63, 3.8) is 0 Å². The number of anilines is 2. The lowest BCUT2D eigenvalue weighted by molar-refractivity contribution is 0.0697. The number of aromatic nitrogens is 2. The summed E-state index contributed by atoms with van der Waals surface area (Å²) < 4.78 is 5.46. The Kier molecular flexibility index (Phi) is 6.04. The van der Waals surface area contributed by atoms with Gasteiger partial charge >= 0.3 is 5.97 Å². The van der Waals surface area contributed by atoms with Gasteiger partial charge in [-0.15, -0.1) is 10.2 Å². The molecule has 4 aromatic carbocycles. The Labute approximate surface area is 206 Å². The van der Waals surface area contributed by atoms with Gasteiger partial charge < -0.3 is 15.2 Å². The largest absolute Gasteiger partial charge is 0.495 e. The van der Waals surface area contributed by atoms with Crippen LogP contribution < -0.4 is 10.1 Å². The number of carboxylic acids is 1. The van der Waals surface area contributed by atoms with E-state index in [0.29, 0.717) is 22.3 Å². The average Bonchev–Trinajstić information content (AvgIpc) is 2.89. The Morgan fingerprint density at radius 3 is 2.26 bits per heavy atom. The Bertz CT molecular complexity index is 1550. The van der Waals surface area contributed by atoms with Crippen LogP contribution in [0.5, 0.6) is 5.75 Å². The number of rotatable bonds is 6. The Balaban J connectivity index is 1.63. The van der Waals surface area contributed by atoms with Gasteiger partial charge in [0.05, 0.1) is 18.4 Å². The molecule has 0 aliphatic heterocycles. The van der Waals surface area contributed by atoms with Crippen LogP contribution in [-0.2, 0) is 0 Å². The molecule has 0 radical (unpaired) electrons. The fourth-order valence-corrected chi connectivity index (χ4v) is 4.21. The zero-order valence-corrected chi connectivity index (χ0v) is 19.5. The first-order chi connectivity index (χ1) is 17.0. The van der Waals surface area contributed by atoms with Gasteiger partial charge in [-0.1, -0.05) is 72.3 Å². The minimum Gasteiger partial charge on any atom is -0.495 e. The van der Waals surface area contributed by atoms with E-state index >= 15 is 0 Å². The predicted octanol–water partition coefficient (Wildman–Crippen LogP) is 7.07. The predicted molar refractivity (Wildman–Crippen MR) is 139 cm³/mol. The van der Waals surface area contributed by atoms with Gasteiger partial charge in [0.2, 0.25) is 0 Å². The number of hydrogen-bond donors (Lipinski definition) is 2. The van der Waals surface area contributed by atoms with Gasteiger partial charge in [0, 0.05) is 21.4 Å². The van der Waals surface area contributed by atoms with Crippen LogP contribution in [0.3, 0.4) is 0 Å². The second-order valence-electron chi connectivity index (χ2n) is 7.84. The van der Waals surface area contributed by atoms with E-state index in [4.69, 9.17) is 16.3 Å². The summed E-state index contributed by atoms with van der Waals surface area (Å²) in [7, 11) is 1.60. The number of ether oxygens (including phenoxy) is 1. The summed E-state index contributed by atoms with van der Waals surface area (Å²) in [5.41, 5.74) is 4.37. The third kappa shape index (κ3) is 4.39. The molecule has 2 N–H and O–H groups in total. The highest BCUT2D eigenvalue weighted by Crippen LogP contribution is 2.38. The maximum atomic E-state index is 11.3. The minimum atomic E-state index is -0.957. The summed E-state index contributed by atoms with van der Waals surface area (Å²) in [6.45, 7) is 0. The highest BCUT2D eigenvalue weighted by atomic mass is 35.5. The molecule has 0 bridgehead atoms. The lowest BCUT2D eigenvalue weighted by Crippen LogP contribution is -2.01. The first-order valence-corrected chi connectivity index (χ1v) is 11.2. The van der Waals surface area contributed by atoms with Gasteiger partial charge in [0.25, 0.3) is 0 Å². The van der Waals surface area contributed by atoms with Crippen molar-refractivity contribution in [3.05, 3.63) is 102 Å². The number of benzene rings is 4. The lowest BCUT2D eigenvalue weighted by Gasteiger charge is -2.15. The first kappa shape index (κ1) is 22.4. The molecule has 1 aromatic heterocycles. The molecule has 0 saturated carbocycles. The molecule has 5 rings (SSSR count). The molecule has 0 atom stereocenters. The van der Waals surface area contributed by atoms with E-state index in [1.165, 1.54) is 0 Å². The molecule has 0 aliphatic carbocycles. The van der Waals surface area contributed by atoms with Gasteiger partial charge in [0.15, 0.2) is 5.82 Å². The van der Waals surface area contributed by atoms with Crippen LogP contribution in [0, 0.1) is 0 Å². The first-order valence-electron chi connectivity index (χ1n) is 10.8. The number of halogens is 1. The maximum absolute atomic E-state index is 11.3.